The number of hydrogen-bond acceptors (Lipinski definition) is 6. The Labute approximate surface area is 131 Å². The first-order valence-corrected chi connectivity index (χ1v) is 7.74. The van der Waals surface area contributed by atoms with Crippen molar-refractivity contribution in [3.05, 3.63) is 47.9 Å². The summed E-state index contributed by atoms with van der Waals surface area (Å²) in [5.41, 5.74) is 4.15. The van der Waals surface area contributed by atoms with Crippen LogP contribution >= 0.6 is 0 Å². The molecule has 0 aliphatic rings. The summed E-state index contributed by atoms with van der Waals surface area (Å²) in [5.74, 6) is -1.95. The van der Waals surface area contributed by atoms with Gasteiger partial charge >= 0.3 is 5.91 Å². The highest BCUT2D eigenvalue weighted by molar-refractivity contribution is 7.89. The summed E-state index contributed by atoms with van der Waals surface area (Å²) in [7, 11) is -2.76. The second-order valence-corrected chi connectivity index (χ2v) is 6.13. The molecule has 2 aromatic rings. The average Bonchev–Trinajstić information content (AvgIpc) is 3.07. The van der Waals surface area contributed by atoms with E-state index in [1.54, 1.807) is 0 Å². The SMILES string of the molecule is CNS(=O)(=O)c1cc(C(=O)NNC(=O)c2ccco2)ccc1O. The maximum absolute atomic E-state index is 11.9. The number of phenolic OH excluding ortho intramolecular Hbond substituents is 1. The minimum Gasteiger partial charge on any atom is -0.507 e. The number of aromatic hydroxyl groups is 1. The van der Waals surface area contributed by atoms with Crippen molar-refractivity contribution >= 4 is 21.8 Å². The van der Waals surface area contributed by atoms with Crippen LogP contribution < -0.4 is 15.6 Å². The predicted octanol–water partition coefficient (Wildman–Crippen LogP) is -0.0319. The molecule has 2 rings (SSSR count). The Morgan fingerprint density at radius 2 is 1.83 bits per heavy atom. The van der Waals surface area contributed by atoms with Gasteiger partial charge < -0.3 is 9.52 Å². The zero-order valence-corrected chi connectivity index (χ0v) is 12.7. The minimum atomic E-state index is -3.93. The molecule has 0 bridgehead atoms. The van der Waals surface area contributed by atoms with Gasteiger partial charge in [0.25, 0.3) is 5.91 Å². The molecule has 10 heteroatoms. The predicted molar refractivity (Wildman–Crippen MR) is 78.0 cm³/mol. The Hall–Kier alpha value is -2.85. The molecule has 1 aromatic heterocycles. The Balaban J connectivity index is 2.14. The highest BCUT2D eigenvalue weighted by atomic mass is 32.2. The molecule has 1 aromatic carbocycles. The molecule has 122 valence electrons. The molecule has 0 saturated heterocycles. The number of carbonyl (C=O) groups is 2. The van der Waals surface area contributed by atoms with Crippen LogP contribution in [0.5, 0.6) is 5.75 Å². The molecule has 2 amide bonds. The summed E-state index contributed by atoms with van der Waals surface area (Å²) in [6.45, 7) is 0. The summed E-state index contributed by atoms with van der Waals surface area (Å²) >= 11 is 0. The van der Waals surface area contributed by atoms with Crippen molar-refractivity contribution in [2.75, 3.05) is 7.05 Å². The van der Waals surface area contributed by atoms with Gasteiger partial charge in [-0.2, -0.15) is 0 Å². The average molecular weight is 339 g/mol. The lowest BCUT2D eigenvalue weighted by Crippen LogP contribution is -2.41. The monoisotopic (exact) mass is 339 g/mol. The van der Waals surface area contributed by atoms with E-state index < -0.39 is 32.5 Å². The van der Waals surface area contributed by atoms with Crippen LogP contribution in [-0.4, -0.2) is 32.4 Å². The molecule has 0 radical (unpaired) electrons. The standard InChI is InChI=1S/C13H13N3O6S/c1-14-23(20,21)11-7-8(4-5-9(11)17)12(18)15-16-13(19)10-3-2-6-22-10/h2-7,14,17H,1H3,(H,15,18)(H,16,19). The van der Waals surface area contributed by atoms with Crippen molar-refractivity contribution in [3.63, 3.8) is 0 Å². The van der Waals surface area contributed by atoms with Crippen LogP contribution in [0.25, 0.3) is 0 Å². The highest BCUT2D eigenvalue weighted by Gasteiger charge is 2.19. The van der Waals surface area contributed by atoms with Gasteiger partial charge in [0, 0.05) is 5.56 Å². The number of sulfonamides is 1. The van der Waals surface area contributed by atoms with Gasteiger partial charge in [0.05, 0.1) is 6.26 Å². The zero-order valence-electron chi connectivity index (χ0n) is 11.9. The van der Waals surface area contributed by atoms with Crippen molar-refractivity contribution in [1.29, 1.82) is 0 Å². The summed E-state index contributed by atoms with van der Waals surface area (Å²) in [5, 5.41) is 9.59. The number of nitrogens with one attached hydrogen (secondary N) is 3. The molecule has 4 N–H and O–H groups in total. The molecule has 9 nitrogen and oxygen atoms in total. The molecule has 0 aliphatic heterocycles. The summed E-state index contributed by atoms with van der Waals surface area (Å²) in [6.07, 6.45) is 1.30. The number of phenols is 1. The molecule has 0 aliphatic carbocycles. The molecular formula is C13H13N3O6S. The Kier molecular flexibility index (Phi) is 4.67. The van der Waals surface area contributed by atoms with Crippen LogP contribution in [0.3, 0.4) is 0 Å². The van der Waals surface area contributed by atoms with E-state index in [0.29, 0.717) is 0 Å². The van der Waals surface area contributed by atoms with Crippen LogP contribution in [0.2, 0.25) is 0 Å². The Bertz CT molecular complexity index is 829. The van der Waals surface area contributed by atoms with Crippen molar-refractivity contribution in [2.45, 2.75) is 4.90 Å². The lowest BCUT2D eigenvalue weighted by atomic mass is 10.2. The Morgan fingerprint density at radius 1 is 1.13 bits per heavy atom. The molecule has 0 fully saturated rings. The van der Waals surface area contributed by atoms with E-state index >= 15 is 0 Å². The van der Waals surface area contributed by atoms with Crippen molar-refractivity contribution in [3.8, 4) is 5.75 Å². The molecule has 1 heterocycles. The summed E-state index contributed by atoms with van der Waals surface area (Å²) in [4.78, 5) is 23.1. The number of hydrogen-bond donors (Lipinski definition) is 4. The topological polar surface area (TPSA) is 138 Å². The molecule has 0 saturated carbocycles. The molecular weight excluding hydrogens is 326 g/mol. The quantitative estimate of drug-likeness (QED) is 0.577. The van der Waals surface area contributed by atoms with Crippen LogP contribution in [0.15, 0.2) is 45.9 Å². The van der Waals surface area contributed by atoms with Gasteiger partial charge in [-0.05, 0) is 37.4 Å². The van der Waals surface area contributed by atoms with Crippen molar-refractivity contribution in [2.24, 2.45) is 0 Å². The number of furan rings is 1. The highest BCUT2D eigenvalue weighted by Crippen LogP contribution is 2.23. The lowest BCUT2D eigenvalue weighted by Gasteiger charge is -2.09. The van der Waals surface area contributed by atoms with Gasteiger partial charge in [-0.3, -0.25) is 20.4 Å². The smallest absolute Gasteiger partial charge is 0.305 e. The fourth-order valence-corrected chi connectivity index (χ4v) is 2.48. The third kappa shape index (κ3) is 3.67. The molecule has 0 spiro atoms. The van der Waals surface area contributed by atoms with Gasteiger partial charge in [0.15, 0.2) is 5.76 Å². The molecule has 0 atom stereocenters. The third-order valence-electron chi connectivity index (χ3n) is 2.81. The largest absolute Gasteiger partial charge is 0.507 e. The first kappa shape index (κ1) is 16.5. The van der Waals surface area contributed by atoms with Crippen LogP contribution in [-0.2, 0) is 10.0 Å². The van der Waals surface area contributed by atoms with E-state index in [4.69, 9.17) is 4.42 Å². The maximum Gasteiger partial charge on any atom is 0.305 e. The van der Waals surface area contributed by atoms with E-state index in [-0.39, 0.29) is 11.3 Å². The van der Waals surface area contributed by atoms with Gasteiger partial charge in [0.1, 0.15) is 10.6 Å². The fraction of sp³-hybridized carbons (Fsp3) is 0.0769. The second kappa shape index (κ2) is 6.50. The van der Waals surface area contributed by atoms with E-state index in [2.05, 4.69) is 10.9 Å². The van der Waals surface area contributed by atoms with Crippen LogP contribution in [0.4, 0.5) is 0 Å². The normalized spacial score (nSPS) is 11.0. The van der Waals surface area contributed by atoms with Crippen molar-refractivity contribution in [1.82, 2.24) is 15.6 Å². The molecule has 0 unspecified atom stereocenters. The maximum atomic E-state index is 11.9. The van der Waals surface area contributed by atoms with Crippen molar-refractivity contribution < 1.29 is 27.5 Å². The number of hydrazine groups is 1. The number of rotatable bonds is 4. The number of carbonyl (C=O) groups excluding carboxylic acids is 2. The number of amides is 2. The van der Waals surface area contributed by atoms with Crippen LogP contribution in [0, 0.1) is 0 Å². The second-order valence-electron chi connectivity index (χ2n) is 4.28. The van der Waals surface area contributed by atoms with Gasteiger partial charge in [-0.25, -0.2) is 13.1 Å². The van der Waals surface area contributed by atoms with E-state index in [1.807, 2.05) is 4.72 Å². The Morgan fingerprint density at radius 3 is 2.43 bits per heavy atom. The van der Waals surface area contributed by atoms with Gasteiger partial charge in [-0.15, -0.1) is 0 Å². The zero-order chi connectivity index (χ0) is 17.0. The van der Waals surface area contributed by atoms with Gasteiger partial charge in [-0.1, -0.05) is 0 Å². The summed E-state index contributed by atoms with van der Waals surface area (Å²) in [6, 6.07) is 6.16. The first-order valence-electron chi connectivity index (χ1n) is 6.26. The summed E-state index contributed by atoms with van der Waals surface area (Å²) < 4.78 is 30.3. The number of benzene rings is 1. The van der Waals surface area contributed by atoms with E-state index in [1.165, 1.54) is 31.5 Å². The van der Waals surface area contributed by atoms with E-state index in [9.17, 15) is 23.1 Å². The minimum absolute atomic E-state index is 0.00513. The van der Waals surface area contributed by atoms with Crippen LogP contribution in [0.1, 0.15) is 20.9 Å². The van der Waals surface area contributed by atoms with E-state index in [0.717, 1.165) is 12.1 Å². The lowest BCUT2D eigenvalue weighted by molar-refractivity contribution is 0.0830. The molecule has 23 heavy (non-hydrogen) atoms. The first-order chi connectivity index (χ1) is 10.8. The van der Waals surface area contributed by atoms with Gasteiger partial charge in [0.2, 0.25) is 10.0 Å². The third-order valence-corrected chi connectivity index (χ3v) is 4.26. The fourth-order valence-electron chi connectivity index (χ4n) is 1.64.